The molecule has 1 amide bonds. The average molecular weight is 273 g/mol. The van der Waals surface area contributed by atoms with Crippen LogP contribution in [-0.2, 0) is 9.59 Å². The number of nitrogens with one attached hydrogen (secondary N) is 1. The lowest BCUT2D eigenvalue weighted by molar-refractivity contribution is -0.138. The highest BCUT2D eigenvalue weighted by molar-refractivity contribution is 5.80. The van der Waals surface area contributed by atoms with Crippen molar-refractivity contribution in [2.24, 2.45) is 17.8 Å². The predicted octanol–water partition coefficient (Wildman–Crippen LogP) is 2.36. The molecule has 0 spiro atoms. The van der Waals surface area contributed by atoms with Gasteiger partial charge >= 0.3 is 5.97 Å². The van der Waals surface area contributed by atoms with Crippen LogP contribution in [0.4, 0.5) is 0 Å². The lowest BCUT2D eigenvalue weighted by Gasteiger charge is -2.20. The molecule has 4 heteroatoms. The van der Waals surface area contributed by atoms with Crippen molar-refractivity contribution in [1.82, 2.24) is 5.32 Å². The number of carboxylic acids is 1. The minimum absolute atomic E-state index is 0.0207. The summed E-state index contributed by atoms with van der Waals surface area (Å²) in [6, 6.07) is 8.90. The van der Waals surface area contributed by atoms with Gasteiger partial charge in [0.2, 0.25) is 5.91 Å². The largest absolute Gasteiger partial charge is 0.481 e. The van der Waals surface area contributed by atoms with Gasteiger partial charge in [-0.25, -0.2) is 0 Å². The maximum Gasteiger partial charge on any atom is 0.305 e. The fraction of sp³-hybridized carbons (Fsp3) is 0.500. The maximum absolute atomic E-state index is 12.3. The van der Waals surface area contributed by atoms with E-state index in [2.05, 4.69) is 5.32 Å². The van der Waals surface area contributed by atoms with Crippen molar-refractivity contribution in [1.29, 1.82) is 0 Å². The number of hydrogen-bond acceptors (Lipinski definition) is 2. The Labute approximate surface area is 118 Å². The summed E-state index contributed by atoms with van der Waals surface area (Å²) in [5.74, 6) is 0.709. The molecule has 2 fully saturated rings. The number of rotatable bonds is 5. The molecule has 0 radical (unpaired) electrons. The zero-order chi connectivity index (χ0) is 14.1. The van der Waals surface area contributed by atoms with Gasteiger partial charge in [-0.3, -0.25) is 9.59 Å². The summed E-state index contributed by atoms with van der Waals surface area (Å²) in [4.78, 5) is 23.3. The molecule has 2 aliphatic carbocycles. The van der Waals surface area contributed by atoms with E-state index in [1.54, 1.807) is 0 Å². The molecule has 106 valence electrons. The zero-order valence-corrected chi connectivity index (χ0v) is 11.3. The fourth-order valence-corrected chi connectivity index (χ4v) is 3.33. The van der Waals surface area contributed by atoms with Gasteiger partial charge in [-0.1, -0.05) is 30.3 Å². The first-order chi connectivity index (χ1) is 9.63. The van der Waals surface area contributed by atoms with Crippen LogP contribution < -0.4 is 5.32 Å². The molecule has 0 saturated heterocycles. The second kappa shape index (κ2) is 5.27. The van der Waals surface area contributed by atoms with Crippen molar-refractivity contribution in [3.05, 3.63) is 35.9 Å². The molecule has 3 unspecified atom stereocenters. The number of carbonyl (C=O) groups excluding carboxylic acids is 1. The van der Waals surface area contributed by atoms with Crippen molar-refractivity contribution in [3.8, 4) is 0 Å². The van der Waals surface area contributed by atoms with Crippen molar-refractivity contribution in [3.63, 3.8) is 0 Å². The number of hydrogen-bond donors (Lipinski definition) is 2. The molecule has 2 aliphatic rings. The second-order valence-corrected chi connectivity index (χ2v) is 5.99. The molecule has 3 rings (SSSR count). The molecule has 3 atom stereocenters. The van der Waals surface area contributed by atoms with E-state index in [1.807, 2.05) is 30.3 Å². The fourth-order valence-electron chi connectivity index (χ4n) is 3.33. The highest BCUT2D eigenvalue weighted by atomic mass is 16.4. The van der Waals surface area contributed by atoms with Crippen LogP contribution in [0.3, 0.4) is 0 Å². The summed E-state index contributed by atoms with van der Waals surface area (Å²) in [6.07, 6.45) is 3.16. The van der Waals surface area contributed by atoms with Crippen molar-refractivity contribution >= 4 is 11.9 Å². The van der Waals surface area contributed by atoms with E-state index in [-0.39, 0.29) is 18.2 Å². The predicted molar refractivity (Wildman–Crippen MR) is 73.9 cm³/mol. The van der Waals surface area contributed by atoms with Gasteiger partial charge in [0.1, 0.15) is 0 Å². The molecule has 1 aromatic carbocycles. The molecular formula is C16H19NO3. The van der Waals surface area contributed by atoms with Gasteiger partial charge in [-0.2, -0.15) is 0 Å². The number of carbonyl (C=O) groups is 2. The van der Waals surface area contributed by atoms with E-state index in [4.69, 9.17) is 5.11 Å². The van der Waals surface area contributed by atoms with Crippen LogP contribution in [0.25, 0.3) is 0 Å². The standard InChI is InChI=1S/C16H19NO3/c18-15(19)9-14(10-4-2-1-3-5-10)17-16(20)13-7-11-6-12(11)8-13/h1-5,11-14H,6-9H2,(H,17,20)(H,18,19). The second-order valence-electron chi connectivity index (χ2n) is 5.99. The van der Waals surface area contributed by atoms with E-state index in [0.717, 1.165) is 30.2 Å². The molecule has 2 saturated carbocycles. The summed E-state index contributed by atoms with van der Waals surface area (Å²) in [6.45, 7) is 0. The van der Waals surface area contributed by atoms with Crippen LogP contribution in [0.2, 0.25) is 0 Å². The number of amides is 1. The van der Waals surface area contributed by atoms with E-state index in [9.17, 15) is 9.59 Å². The third-order valence-corrected chi connectivity index (χ3v) is 4.51. The number of benzene rings is 1. The van der Waals surface area contributed by atoms with Crippen molar-refractivity contribution in [2.75, 3.05) is 0 Å². The number of aliphatic carboxylic acids is 1. The Morgan fingerprint density at radius 3 is 2.40 bits per heavy atom. The topological polar surface area (TPSA) is 66.4 Å². The third-order valence-electron chi connectivity index (χ3n) is 4.51. The molecule has 20 heavy (non-hydrogen) atoms. The Balaban J connectivity index is 1.66. The van der Waals surface area contributed by atoms with Crippen LogP contribution >= 0.6 is 0 Å². The van der Waals surface area contributed by atoms with Crippen molar-refractivity contribution < 1.29 is 14.7 Å². The van der Waals surface area contributed by atoms with Gasteiger partial charge in [0.05, 0.1) is 12.5 Å². The van der Waals surface area contributed by atoms with Gasteiger partial charge in [-0.15, -0.1) is 0 Å². The van der Waals surface area contributed by atoms with Gasteiger partial charge < -0.3 is 10.4 Å². The average Bonchev–Trinajstić information content (AvgIpc) is 3.05. The first-order valence-electron chi connectivity index (χ1n) is 7.20. The lowest BCUT2D eigenvalue weighted by atomic mass is 9.99. The van der Waals surface area contributed by atoms with Crippen LogP contribution in [-0.4, -0.2) is 17.0 Å². The Morgan fingerprint density at radius 2 is 1.80 bits per heavy atom. The Morgan fingerprint density at radius 1 is 1.15 bits per heavy atom. The normalized spacial score (nSPS) is 28.5. The van der Waals surface area contributed by atoms with Gasteiger partial charge in [0, 0.05) is 5.92 Å². The van der Waals surface area contributed by atoms with Crippen LogP contribution in [0.1, 0.15) is 37.3 Å². The Hall–Kier alpha value is -1.84. The SMILES string of the molecule is O=C(O)CC(NC(=O)C1CC2CC2C1)c1ccccc1. The zero-order valence-electron chi connectivity index (χ0n) is 11.3. The summed E-state index contributed by atoms with van der Waals surface area (Å²) >= 11 is 0. The van der Waals surface area contributed by atoms with Gasteiger partial charge in [0.25, 0.3) is 0 Å². The van der Waals surface area contributed by atoms with E-state index in [0.29, 0.717) is 0 Å². The quantitative estimate of drug-likeness (QED) is 0.865. The first-order valence-corrected chi connectivity index (χ1v) is 7.20. The van der Waals surface area contributed by atoms with Crippen LogP contribution in [0.5, 0.6) is 0 Å². The first kappa shape index (κ1) is 13.2. The minimum atomic E-state index is -0.895. The molecule has 0 heterocycles. The molecule has 0 bridgehead atoms. The molecule has 2 N–H and O–H groups in total. The molecule has 0 aromatic heterocycles. The van der Waals surface area contributed by atoms with Gasteiger partial charge in [0.15, 0.2) is 0 Å². The van der Waals surface area contributed by atoms with E-state index in [1.165, 1.54) is 6.42 Å². The summed E-state index contributed by atoms with van der Waals surface area (Å²) in [5, 5.41) is 11.9. The lowest BCUT2D eigenvalue weighted by Crippen LogP contribution is -2.34. The molecule has 4 nitrogen and oxygen atoms in total. The summed E-state index contributed by atoms with van der Waals surface area (Å²) < 4.78 is 0. The molecule has 1 aromatic rings. The summed E-state index contributed by atoms with van der Waals surface area (Å²) in [7, 11) is 0. The summed E-state index contributed by atoms with van der Waals surface area (Å²) in [5.41, 5.74) is 0.853. The smallest absolute Gasteiger partial charge is 0.305 e. The van der Waals surface area contributed by atoms with Crippen molar-refractivity contribution in [2.45, 2.75) is 31.7 Å². The minimum Gasteiger partial charge on any atom is -0.481 e. The highest BCUT2D eigenvalue weighted by Gasteiger charge is 2.48. The van der Waals surface area contributed by atoms with Gasteiger partial charge in [-0.05, 0) is 36.7 Å². The highest BCUT2D eigenvalue weighted by Crippen LogP contribution is 2.54. The van der Waals surface area contributed by atoms with E-state index >= 15 is 0 Å². The Kier molecular flexibility index (Phi) is 3.47. The molecule has 0 aliphatic heterocycles. The van der Waals surface area contributed by atoms with Crippen LogP contribution in [0, 0.1) is 17.8 Å². The maximum atomic E-state index is 12.3. The third kappa shape index (κ3) is 2.84. The Bertz CT molecular complexity index is 504. The van der Waals surface area contributed by atoms with Crippen LogP contribution in [0.15, 0.2) is 30.3 Å². The number of fused-ring (bicyclic) bond motifs is 1. The van der Waals surface area contributed by atoms with E-state index < -0.39 is 12.0 Å². The number of carboxylic acid groups (broad SMARTS) is 1. The monoisotopic (exact) mass is 273 g/mol. The molecular weight excluding hydrogens is 254 g/mol.